The van der Waals surface area contributed by atoms with Gasteiger partial charge in [-0.2, -0.15) is 0 Å². The predicted octanol–water partition coefficient (Wildman–Crippen LogP) is 1.81. The maximum absolute atomic E-state index is 12.1. The normalized spacial score (nSPS) is 14.8. The molecule has 1 aromatic rings. The van der Waals surface area contributed by atoms with Crippen LogP contribution in [0.3, 0.4) is 0 Å². The van der Waals surface area contributed by atoms with Gasteiger partial charge in [-0.15, -0.1) is 0 Å². The van der Waals surface area contributed by atoms with Crippen molar-refractivity contribution in [2.24, 2.45) is 5.92 Å². The molecule has 1 heterocycles. The van der Waals surface area contributed by atoms with Gasteiger partial charge in [0.15, 0.2) is 0 Å². The Morgan fingerprint density at radius 3 is 3.06 bits per heavy atom. The predicted molar refractivity (Wildman–Crippen MR) is 72.0 cm³/mol. The van der Waals surface area contributed by atoms with E-state index < -0.39 is 0 Å². The quantitative estimate of drug-likeness (QED) is 0.835. The maximum Gasteiger partial charge on any atom is 0.228 e. The summed E-state index contributed by atoms with van der Waals surface area (Å²) in [5.74, 6) is 1.03. The van der Waals surface area contributed by atoms with Gasteiger partial charge < -0.3 is 15.4 Å². The van der Waals surface area contributed by atoms with Crippen LogP contribution in [-0.4, -0.2) is 26.1 Å². The zero-order valence-electron chi connectivity index (χ0n) is 11.0. The monoisotopic (exact) mass is 248 g/mol. The molecule has 1 amide bonds. The topological polar surface area (TPSA) is 50.4 Å². The van der Waals surface area contributed by atoms with Crippen LogP contribution in [0.5, 0.6) is 5.75 Å². The Bertz CT molecular complexity index is 432. The van der Waals surface area contributed by atoms with Crippen molar-refractivity contribution in [3.8, 4) is 5.75 Å². The minimum atomic E-state index is 0.0134. The average molecular weight is 248 g/mol. The van der Waals surface area contributed by atoms with Crippen molar-refractivity contribution in [3.05, 3.63) is 23.8 Å². The zero-order valence-corrected chi connectivity index (χ0v) is 11.0. The van der Waals surface area contributed by atoms with Gasteiger partial charge in [0.25, 0.3) is 0 Å². The molecule has 98 valence electrons. The highest BCUT2D eigenvalue weighted by Crippen LogP contribution is 2.28. The highest BCUT2D eigenvalue weighted by atomic mass is 16.5. The van der Waals surface area contributed by atoms with Gasteiger partial charge >= 0.3 is 0 Å². The van der Waals surface area contributed by atoms with E-state index in [0.717, 1.165) is 30.9 Å². The highest BCUT2D eigenvalue weighted by Gasteiger charge is 2.17. The number of nitrogens with one attached hydrogen (secondary N) is 2. The van der Waals surface area contributed by atoms with Crippen molar-refractivity contribution in [1.82, 2.24) is 5.32 Å². The molecular formula is C14H20N2O2. The lowest BCUT2D eigenvalue weighted by Crippen LogP contribution is -2.30. The van der Waals surface area contributed by atoms with Crippen LogP contribution in [0, 0.1) is 5.92 Å². The summed E-state index contributed by atoms with van der Waals surface area (Å²) in [5, 5.41) is 6.02. The van der Waals surface area contributed by atoms with E-state index in [2.05, 4.69) is 10.6 Å². The molecule has 4 heteroatoms. The molecule has 0 aromatic heterocycles. The number of benzene rings is 1. The molecule has 2 rings (SSSR count). The fourth-order valence-corrected chi connectivity index (χ4v) is 2.18. The molecule has 0 fully saturated rings. The fraction of sp³-hybridized carbons (Fsp3) is 0.500. The van der Waals surface area contributed by atoms with E-state index in [4.69, 9.17) is 4.74 Å². The van der Waals surface area contributed by atoms with Gasteiger partial charge in [-0.05, 0) is 37.2 Å². The van der Waals surface area contributed by atoms with Crippen molar-refractivity contribution in [2.45, 2.75) is 19.8 Å². The van der Waals surface area contributed by atoms with E-state index >= 15 is 0 Å². The first-order valence-electron chi connectivity index (χ1n) is 6.45. The molecule has 1 unspecified atom stereocenters. The Labute approximate surface area is 108 Å². The van der Waals surface area contributed by atoms with Crippen LogP contribution in [-0.2, 0) is 11.2 Å². The lowest BCUT2D eigenvalue weighted by atomic mass is 10.1. The van der Waals surface area contributed by atoms with Gasteiger partial charge in [0.05, 0.1) is 12.5 Å². The number of fused-ring (bicyclic) bond motifs is 1. The second-order valence-corrected chi connectivity index (χ2v) is 4.57. The first-order chi connectivity index (χ1) is 8.74. The summed E-state index contributed by atoms with van der Waals surface area (Å²) >= 11 is 0. The van der Waals surface area contributed by atoms with E-state index in [1.165, 1.54) is 5.56 Å². The maximum atomic E-state index is 12.1. The number of rotatable bonds is 5. The van der Waals surface area contributed by atoms with Gasteiger partial charge in [0.1, 0.15) is 5.75 Å². The van der Waals surface area contributed by atoms with Gasteiger partial charge in [0.2, 0.25) is 5.91 Å². The van der Waals surface area contributed by atoms with Gasteiger partial charge in [-0.1, -0.05) is 6.92 Å². The minimum absolute atomic E-state index is 0.0134. The number of amides is 1. The number of ether oxygens (including phenoxy) is 1. The van der Waals surface area contributed by atoms with Crippen molar-refractivity contribution in [3.63, 3.8) is 0 Å². The molecule has 1 atom stereocenters. The van der Waals surface area contributed by atoms with Crippen molar-refractivity contribution in [1.29, 1.82) is 0 Å². The first-order valence-corrected chi connectivity index (χ1v) is 6.45. The molecule has 0 aliphatic carbocycles. The minimum Gasteiger partial charge on any atom is -0.493 e. The number of hydrogen-bond donors (Lipinski definition) is 2. The van der Waals surface area contributed by atoms with Crippen LogP contribution >= 0.6 is 0 Å². The largest absolute Gasteiger partial charge is 0.493 e. The molecule has 4 nitrogen and oxygen atoms in total. The van der Waals surface area contributed by atoms with Crippen LogP contribution in [0.4, 0.5) is 5.69 Å². The van der Waals surface area contributed by atoms with E-state index in [9.17, 15) is 4.79 Å². The molecule has 1 aliphatic heterocycles. The number of carbonyl (C=O) groups is 1. The molecule has 1 aliphatic rings. The van der Waals surface area contributed by atoms with E-state index in [1.807, 2.05) is 32.2 Å². The van der Waals surface area contributed by atoms with Gasteiger partial charge in [0, 0.05) is 18.7 Å². The lowest BCUT2D eigenvalue weighted by molar-refractivity contribution is -0.119. The standard InChI is InChI=1S/C14H20N2O2/c1-3-10(9-15-2)14(17)16-12-4-5-13-11(8-12)6-7-18-13/h4-5,8,10,15H,3,6-7,9H2,1-2H3,(H,16,17). The molecule has 1 aromatic carbocycles. The van der Waals surface area contributed by atoms with Crippen LogP contribution in [0.25, 0.3) is 0 Å². The zero-order chi connectivity index (χ0) is 13.0. The second kappa shape index (κ2) is 5.87. The van der Waals surface area contributed by atoms with Crippen LogP contribution < -0.4 is 15.4 Å². The van der Waals surface area contributed by atoms with Crippen LogP contribution in [0.15, 0.2) is 18.2 Å². The summed E-state index contributed by atoms with van der Waals surface area (Å²) in [6.07, 6.45) is 1.76. The third-order valence-corrected chi connectivity index (χ3v) is 3.27. The van der Waals surface area contributed by atoms with Gasteiger partial charge in [-0.3, -0.25) is 4.79 Å². The third kappa shape index (κ3) is 2.82. The first kappa shape index (κ1) is 12.9. The highest BCUT2D eigenvalue weighted by molar-refractivity contribution is 5.92. The Morgan fingerprint density at radius 1 is 1.50 bits per heavy atom. The smallest absolute Gasteiger partial charge is 0.228 e. The summed E-state index contributed by atoms with van der Waals surface area (Å²) in [5.41, 5.74) is 2.04. The van der Waals surface area contributed by atoms with Crippen molar-refractivity contribution < 1.29 is 9.53 Å². The average Bonchev–Trinajstić information content (AvgIpc) is 2.83. The molecular weight excluding hydrogens is 228 g/mol. The number of anilines is 1. The number of carbonyl (C=O) groups excluding carboxylic acids is 1. The Balaban J connectivity index is 2.02. The SMILES string of the molecule is CCC(CNC)C(=O)Nc1ccc2c(c1)CCO2. The molecule has 0 radical (unpaired) electrons. The van der Waals surface area contributed by atoms with E-state index in [-0.39, 0.29) is 11.8 Å². The summed E-state index contributed by atoms with van der Waals surface area (Å²) in [7, 11) is 1.86. The van der Waals surface area contributed by atoms with Crippen molar-refractivity contribution in [2.75, 3.05) is 25.5 Å². The van der Waals surface area contributed by atoms with Crippen LogP contribution in [0.1, 0.15) is 18.9 Å². The molecule has 0 spiro atoms. The van der Waals surface area contributed by atoms with Gasteiger partial charge in [-0.25, -0.2) is 0 Å². The molecule has 0 bridgehead atoms. The lowest BCUT2D eigenvalue weighted by Gasteiger charge is -2.14. The second-order valence-electron chi connectivity index (χ2n) is 4.57. The van der Waals surface area contributed by atoms with Crippen molar-refractivity contribution >= 4 is 11.6 Å². The third-order valence-electron chi connectivity index (χ3n) is 3.27. The fourth-order valence-electron chi connectivity index (χ4n) is 2.18. The van der Waals surface area contributed by atoms with Crippen LogP contribution in [0.2, 0.25) is 0 Å². The Morgan fingerprint density at radius 2 is 2.33 bits per heavy atom. The summed E-state index contributed by atoms with van der Waals surface area (Å²) in [4.78, 5) is 12.1. The summed E-state index contributed by atoms with van der Waals surface area (Å²) < 4.78 is 5.44. The number of hydrogen-bond acceptors (Lipinski definition) is 3. The Hall–Kier alpha value is -1.55. The summed E-state index contributed by atoms with van der Waals surface area (Å²) in [6, 6.07) is 5.83. The summed E-state index contributed by atoms with van der Waals surface area (Å²) in [6.45, 7) is 3.47. The molecule has 18 heavy (non-hydrogen) atoms. The Kier molecular flexibility index (Phi) is 4.20. The molecule has 0 saturated carbocycles. The molecule has 0 saturated heterocycles. The van der Waals surface area contributed by atoms with E-state index in [1.54, 1.807) is 0 Å². The molecule has 2 N–H and O–H groups in total. The van der Waals surface area contributed by atoms with E-state index in [0.29, 0.717) is 6.54 Å².